The Balaban J connectivity index is 1.94. The maximum Gasteiger partial charge on any atom is 0.0110 e. The number of hydrogen-bond acceptors (Lipinski definition) is 3. The summed E-state index contributed by atoms with van der Waals surface area (Å²) >= 11 is 0. The van der Waals surface area contributed by atoms with Gasteiger partial charge >= 0.3 is 0 Å². The molecular formula is C13H29N3. The predicted molar refractivity (Wildman–Crippen MR) is 70.9 cm³/mol. The van der Waals surface area contributed by atoms with Crippen molar-refractivity contribution >= 4 is 0 Å². The van der Waals surface area contributed by atoms with Gasteiger partial charge in [-0.15, -0.1) is 0 Å². The maximum absolute atomic E-state index is 3.55. The van der Waals surface area contributed by atoms with Gasteiger partial charge in [-0.2, -0.15) is 0 Å². The van der Waals surface area contributed by atoms with Crippen molar-refractivity contribution in [2.75, 3.05) is 45.8 Å². The first kappa shape index (κ1) is 13.9. The summed E-state index contributed by atoms with van der Waals surface area (Å²) in [5.41, 5.74) is 0. The first-order valence-corrected chi connectivity index (χ1v) is 6.98. The molecule has 0 spiro atoms. The molecule has 0 radical (unpaired) electrons. The van der Waals surface area contributed by atoms with Crippen molar-refractivity contribution in [2.24, 2.45) is 0 Å². The Morgan fingerprint density at radius 2 is 1.56 bits per heavy atom. The van der Waals surface area contributed by atoms with Crippen molar-refractivity contribution in [1.82, 2.24) is 15.1 Å². The van der Waals surface area contributed by atoms with Crippen LogP contribution in [0.4, 0.5) is 0 Å². The Morgan fingerprint density at radius 1 is 0.938 bits per heavy atom. The van der Waals surface area contributed by atoms with E-state index in [1.165, 1.54) is 45.6 Å². The van der Waals surface area contributed by atoms with Crippen LogP contribution in [0.3, 0.4) is 0 Å². The van der Waals surface area contributed by atoms with Crippen molar-refractivity contribution in [3.8, 4) is 0 Å². The Kier molecular flexibility index (Phi) is 7.01. The van der Waals surface area contributed by atoms with Crippen LogP contribution in [0.2, 0.25) is 0 Å². The SMILES string of the molecule is CCN(CC)CCNCCN(CC)C1CC1. The van der Waals surface area contributed by atoms with Crippen molar-refractivity contribution in [1.29, 1.82) is 0 Å². The van der Waals surface area contributed by atoms with Gasteiger partial charge in [0, 0.05) is 32.2 Å². The standard InChI is InChI=1S/C13H29N3/c1-4-15(5-2)11-9-14-10-12-16(6-3)13-7-8-13/h13-14H,4-12H2,1-3H3. The number of nitrogens with one attached hydrogen (secondary N) is 1. The third kappa shape index (κ3) is 5.28. The fourth-order valence-corrected chi connectivity index (χ4v) is 2.16. The molecule has 0 aliphatic heterocycles. The maximum atomic E-state index is 3.55. The molecule has 0 amide bonds. The minimum absolute atomic E-state index is 0.912. The summed E-state index contributed by atoms with van der Waals surface area (Å²) in [5.74, 6) is 0. The third-order valence-corrected chi connectivity index (χ3v) is 3.54. The Hall–Kier alpha value is -0.120. The van der Waals surface area contributed by atoms with E-state index in [0.717, 1.165) is 19.1 Å². The van der Waals surface area contributed by atoms with Gasteiger partial charge in [0.05, 0.1) is 0 Å². The molecule has 0 unspecified atom stereocenters. The fraction of sp³-hybridized carbons (Fsp3) is 1.00. The largest absolute Gasteiger partial charge is 0.314 e. The van der Waals surface area contributed by atoms with Crippen molar-refractivity contribution in [2.45, 2.75) is 39.7 Å². The number of likely N-dealkylation sites (N-methyl/N-ethyl adjacent to an activating group) is 2. The molecule has 1 saturated carbocycles. The Morgan fingerprint density at radius 3 is 2.06 bits per heavy atom. The van der Waals surface area contributed by atoms with E-state index in [1.54, 1.807) is 0 Å². The zero-order chi connectivity index (χ0) is 11.8. The van der Waals surface area contributed by atoms with E-state index in [2.05, 4.69) is 35.9 Å². The lowest BCUT2D eigenvalue weighted by Crippen LogP contribution is -2.37. The lowest BCUT2D eigenvalue weighted by molar-refractivity contribution is 0.268. The highest BCUT2D eigenvalue weighted by Gasteiger charge is 2.26. The number of nitrogens with zero attached hydrogens (tertiary/aromatic N) is 2. The first-order chi connectivity index (χ1) is 7.81. The molecule has 3 nitrogen and oxygen atoms in total. The molecule has 0 aromatic heterocycles. The van der Waals surface area contributed by atoms with Crippen LogP contribution in [0.25, 0.3) is 0 Å². The molecule has 96 valence electrons. The van der Waals surface area contributed by atoms with E-state index in [-0.39, 0.29) is 0 Å². The molecule has 1 fully saturated rings. The van der Waals surface area contributed by atoms with Gasteiger partial charge in [-0.3, -0.25) is 4.90 Å². The first-order valence-electron chi connectivity index (χ1n) is 6.98. The summed E-state index contributed by atoms with van der Waals surface area (Å²) in [6, 6.07) is 0.912. The van der Waals surface area contributed by atoms with E-state index in [1.807, 2.05) is 0 Å². The fourth-order valence-electron chi connectivity index (χ4n) is 2.16. The molecule has 0 heterocycles. The smallest absolute Gasteiger partial charge is 0.0110 e. The third-order valence-electron chi connectivity index (χ3n) is 3.54. The summed E-state index contributed by atoms with van der Waals surface area (Å²) in [7, 11) is 0. The molecule has 0 aromatic rings. The molecular weight excluding hydrogens is 198 g/mol. The van der Waals surface area contributed by atoms with Crippen LogP contribution in [0.5, 0.6) is 0 Å². The Bertz CT molecular complexity index is 165. The lowest BCUT2D eigenvalue weighted by atomic mass is 10.4. The van der Waals surface area contributed by atoms with Crippen LogP contribution < -0.4 is 5.32 Å². The van der Waals surface area contributed by atoms with Gasteiger partial charge in [-0.25, -0.2) is 0 Å². The van der Waals surface area contributed by atoms with Gasteiger partial charge in [-0.1, -0.05) is 20.8 Å². The second-order valence-electron chi connectivity index (χ2n) is 4.64. The highest BCUT2D eigenvalue weighted by molar-refractivity contribution is 4.83. The molecule has 1 aliphatic rings. The number of hydrogen-bond donors (Lipinski definition) is 1. The van der Waals surface area contributed by atoms with Crippen LogP contribution in [0.15, 0.2) is 0 Å². The van der Waals surface area contributed by atoms with Crippen molar-refractivity contribution in [3.63, 3.8) is 0 Å². The van der Waals surface area contributed by atoms with Gasteiger partial charge in [0.2, 0.25) is 0 Å². The molecule has 1 rings (SSSR count). The summed E-state index contributed by atoms with van der Waals surface area (Å²) in [4.78, 5) is 5.07. The normalized spacial score (nSPS) is 16.3. The van der Waals surface area contributed by atoms with Gasteiger partial charge < -0.3 is 10.2 Å². The predicted octanol–water partition coefficient (Wildman–Crippen LogP) is 1.40. The summed E-state index contributed by atoms with van der Waals surface area (Å²) in [6.07, 6.45) is 2.85. The quantitative estimate of drug-likeness (QED) is 0.569. The average Bonchev–Trinajstić information content (AvgIpc) is 3.13. The van der Waals surface area contributed by atoms with Crippen LogP contribution >= 0.6 is 0 Å². The average molecular weight is 227 g/mol. The zero-order valence-corrected chi connectivity index (χ0v) is 11.3. The highest BCUT2D eigenvalue weighted by Crippen LogP contribution is 2.25. The van der Waals surface area contributed by atoms with E-state index < -0.39 is 0 Å². The summed E-state index contributed by atoms with van der Waals surface area (Å²) in [5, 5.41) is 3.55. The number of rotatable bonds is 10. The van der Waals surface area contributed by atoms with Gasteiger partial charge in [0.15, 0.2) is 0 Å². The second-order valence-corrected chi connectivity index (χ2v) is 4.64. The minimum Gasteiger partial charge on any atom is -0.314 e. The van der Waals surface area contributed by atoms with Crippen molar-refractivity contribution < 1.29 is 0 Å². The van der Waals surface area contributed by atoms with Crippen LogP contribution in [-0.2, 0) is 0 Å². The molecule has 0 atom stereocenters. The van der Waals surface area contributed by atoms with E-state index in [4.69, 9.17) is 0 Å². The molecule has 1 N–H and O–H groups in total. The minimum atomic E-state index is 0.912. The van der Waals surface area contributed by atoms with Crippen LogP contribution in [0, 0.1) is 0 Å². The zero-order valence-electron chi connectivity index (χ0n) is 11.3. The second kappa shape index (κ2) is 8.04. The highest BCUT2D eigenvalue weighted by atomic mass is 15.2. The topological polar surface area (TPSA) is 18.5 Å². The summed E-state index contributed by atoms with van der Waals surface area (Å²) in [6.45, 7) is 15.0. The van der Waals surface area contributed by atoms with Gasteiger partial charge in [0.25, 0.3) is 0 Å². The molecule has 3 heteroatoms. The van der Waals surface area contributed by atoms with E-state index in [9.17, 15) is 0 Å². The molecule has 16 heavy (non-hydrogen) atoms. The van der Waals surface area contributed by atoms with E-state index >= 15 is 0 Å². The van der Waals surface area contributed by atoms with Crippen LogP contribution in [-0.4, -0.2) is 61.7 Å². The molecule has 0 saturated heterocycles. The lowest BCUT2D eigenvalue weighted by Gasteiger charge is -2.21. The summed E-state index contributed by atoms with van der Waals surface area (Å²) < 4.78 is 0. The van der Waals surface area contributed by atoms with E-state index in [0.29, 0.717) is 0 Å². The molecule has 0 aromatic carbocycles. The van der Waals surface area contributed by atoms with Crippen molar-refractivity contribution in [3.05, 3.63) is 0 Å². The van der Waals surface area contributed by atoms with Gasteiger partial charge in [-0.05, 0) is 32.5 Å². The molecule has 0 bridgehead atoms. The van der Waals surface area contributed by atoms with Crippen LogP contribution in [0.1, 0.15) is 33.6 Å². The monoisotopic (exact) mass is 227 g/mol. The Labute approximate surface area is 101 Å². The molecule has 1 aliphatic carbocycles. The van der Waals surface area contributed by atoms with Gasteiger partial charge in [0.1, 0.15) is 0 Å².